The zero-order valence-electron chi connectivity index (χ0n) is 12.3. The van der Waals surface area contributed by atoms with Gasteiger partial charge in [0.25, 0.3) is 5.96 Å². The third kappa shape index (κ3) is 7.83. The van der Waals surface area contributed by atoms with Gasteiger partial charge in [-0.15, -0.1) is 11.3 Å². The van der Waals surface area contributed by atoms with Crippen molar-refractivity contribution in [3.8, 4) is 0 Å². The predicted octanol–water partition coefficient (Wildman–Crippen LogP) is 0.795. The van der Waals surface area contributed by atoms with Crippen molar-refractivity contribution in [1.82, 2.24) is 20.5 Å². The summed E-state index contributed by atoms with van der Waals surface area (Å²) in [5, 5.41) is 21.4. The summed E-state index contributed by atoms with van der Waals surface area (Å²) in [4.78, 5) is 16.9. The minimum atomic E-state index is -0.729. The van der Waals surface area contributed by atoms with Crippen molar-refractivity contribution in [2.24, 2.45) is 5.10 Å². The zero-order chi connectivity index (χ0) is 15.7. The Morgan fingerprint density at radius 2 is 2.38 bits per heavy atom. The summed E-state index contributed by atoms with van der Waals surface area (Å²) in [6.07, 6.45) is 0. The monoisotopic (exact) mass is 332 g/mol. The number of hydrogen-bond acceptors (Lipinski definition) is 6. The van der Waals surface area contributed by atoms with Crippen LogP contribution in [0.15, 0.2) is 10.5 Å². The Bertz CT molecular complexity index is 477. The largest absolute Gasteiger partial charge is 0.354 e. The fraction of sp³-hybridized carbons (Fsp3) is 0.636. The molecule has 0 amide bonds. The van der Waals surface area contributed by atoms with Gasteiger partial charge in [0.1, 0.15) is 10.1 Å². The van der Waals surface area contributed by atoms with E-state index in [0.29, 0.717) is 6.54 Å². The van der Waals surface area contributed by atoms with Crippen LogP contribution in [0.3, 0.4) is 0 Å². The van der Waals surface area contributed by atoms with Gasteiger partial charge in [-0.05, 0) is 14.1 Å². The highest BCUT2D eigenvalue weighted by Crippen LogP contribution is 2.16. The number of rotatable bonds is 8. The van der Waals surface area contributed by atoms with Gasteiger partial charge in [0.15, 0.2) is 5.03 Å². The van der Waals surface area contributed by atoms with Gasteiger partial charge >= 0.3 is 0 Å². The van der Waals surface area contributed by atoms with Crippen LogP contribution in [0.25, 0.3) is 0 Å². The number of nitro groups is 1. The third-order valence-corrected chi connectivity index (χ3v) is 4.13. The second-order valence-electron chi connectivity index (χ2n) is 4.39. The van der Waals surface area contributed by atoms with Crippen LogP contribution in [0.4, 0.5) is 0 Å². The molecule has 0 saturated heterocycles. The van der Waals surface area contributed by atoms with Gasteiger partial charge < -0.3 is 15.5 Å². The molecular weight excluding hydrogens is 312 g/mol. The van der Waals surface area contributed by atoms with Crippen molar-refractivity contribution in [1.29, 1.82) is 0 Å². The molecule has 0 aromatic carbocycles. The summed E-state index contributed by atoms with van der Waals surface area (Å²) in [5.41, 5.74) is 1.08. The molecule has 1 aromatic rings. The van der Waals surface area contributed by atoms with Crippen molar-refractivity contribution in [2.75, 3.05) is 33.4 Å². The molecule has 0 fully saturated rings. The molecule has 0 unspecified atom stereocenters. The first-order valence-electron chi connectivity index (χ1n) is 6.31. The minimum absolute atomic E-state index is 0.169. The van der Waals surface area contributed by atoms with Gasteiger partial charge in [-0.1, -0.05) is 0 Å². The molecule has 10 heteroatoms. The standard InChI is InChI=1S/C11H20N6O2S2/c1-12-11(15-17(18)19)13-4-5-20-7-9-8-21-10(14-9)6-16(2)3/h8H,4-7H2,1-3H3,(H2,12,13,15). The average Bonchev–Trinajstić information content (AvgIpc) is 2.83. The number of thiazole rings is 1. The number of aromatic nitrogens is 1. The Labute approximate surface area is 132 Å². The summed E-state index contributed by atoms with van der Waals surface area (Å²) < 4.78 is 0. The van der Waals surface area contributed by atoms with E-state index < -0.39 is 5.03 Å². The van der Waals surface area contributed by atoms with Crippen molar-refractivity contribution >= 4 is 29.1 Å². The van der Waals surface area contributed by atoms with E-state index in [-0.39, 0.29) is 5.96 Å². The van der Waals surface area contributed by atoms with Crippen LogP contribution in [0.5, 0.6) is 0 Å². The molecule has 8 nitrogen and oxygen atoms in total. The van der Waals surface area contributed by atoms with Crippen LogP contribution in [0.1, 0.15) is 10.7 Å². The maximum atomic E-state index is 10.2. The van der Waals surface area contributed by atoms with Gasteiger partial charge in [0.05, 0.1) is 5.69 Å². The molecule has 0 radical (unpaired) electrons. The lowest BCUT2D eigenvalue weighted by Gasteiger charge is -2.05. The highest BCUT2D eigenvalue weighted by atomic mass is 32.2. The van der Waals surface area contributed by atoms with Crippen LogP contribution in [-0.4, -0.2) is 54.3 Å². The van der Waals surface area contributed by atoms with Gasteiger partial charge in [0.2, 0.25) is 0 Å². The second kappa shape index (κ2) is 9.53. The van der Waals surface area contributed by atoms with E-state index in [1.54, 1.807) is 30.1 Å². The molecule has 0 spiro atoms. The maximum Gasteiger partial charge on any atom is 0.268 e. The molecular formula is C11H20N6O2S2. The van der Waals surface area contributed by atoms with Crippen LogP contribution in [0.2, 0.25) is 0 Å². The Hall–Kier alpha value is -1.39. The number of guanidine groups is 1. The normalized spacial score (nSPS) is 11.7. The van der Waals surface area contributed by atoms with Crippen molar-refractivity contribution in [3.63, 3.8) is 0 Å². The van der Waals surface area contributed by atoms with Crippen LogP contribution >= 0.6 is 23.1 Å². The quantitative estimate of drug-likeness (QED) is 0.239. The molecule has 0 bridgehead atoms. The molecule has 1 heterocycles. The summed E-state index contributed by atoms with van der Waals surface area (Å²) in [6, 6.07) is 0. The van der Waals surface area contributed by atoms with Crippen molar-refractivity contribution in [2.45, 2.75) is 12.3 Å². The predicted molar refractivity (Wildman–Crippen MR) is 87.2 cm³/mol. The zero-order valence-corrected chi connectivity index (χ0v) is 14.0. The van der Waals surface area contributed by atoms with Crippen molar-refractivity contribution in [3.05, 3.63) is 26.2 Å². The molecule has 21 heavy (non-hydrogen) atoms. The summed E-state index contributed by atoms with van der Waals surface area (Å²) >= 11 is 3.40. The van der Waals surface area contributed by atoms with E-state index in [0.717, 1.165) is 28.8 Å². The van der Waals surface area contributed by atoms with Crippen LogP contribution in [-0.2, 0) is 12.3 Å². The summed E-state index contributed by atoms with van der Waals surface area (Å²) in [7, 11) is 5.63. The number of hydrogen-bond donors (Lipinski definition) is 2. The number of hydrazone groups is 1. The first-order chi connectivity index (χ1) is 10.0. The molecule has 1 aromatic heterocycles. The van der Waals surface area contributed by atoms with E-state index in [1.807, 2.05) is 14.1 Å². The molecule has 0 aliphatic carbocycles. The summed E-state index contributed by atoms with van der Waals surface area (Å²) in [6.45, 7) is 1.46. The van der Waals surface area contributed by atoms with E-state index in [2.05, 4.69) is 31.0 Å². The average molecular weight is 332 g/mol. The molecule has 0 atom stereocenters. The Morgan fingerprint density at radius 1 is 1.62 bits per heavy atom. The molecule has 0 aliphatic heterocycles. The number of nitrogens with one attached hydrogen (secondary N) is 2. The highest BCUT2D eigenvalue weighted by Gasteiger charge is 2.04. The smallest absolute Gasteiger partial charge is 0.268 e. The lowest BCUT2D eigenvalue weighted by atomic mass is 10.5. The lowest BCUT2D eigenvalue weighted by molar-refractivity contribution is -0.485. The fourth-order valence-corrected chi connectivity index (χ4v) is 3.20. The first-order valence-corrected chi connectivity index (χ1v) is 8.35. The number of thioether (sulfide) groups is 1. The second-order valence-corrected chi connectivity index (χ2v) is 6.43. The van der Waals surface area contributed by atoms with E-state index >= 15 is 0 Å². The van der Waals surface area contributed by atoms with Crippen molar-refractivity contribution < 1.29 is 5.03 Å². The molecule has 118 valence electrons. The van der Waals surface area contributed by atoms with E-state index in [4.69, 9.17) is 0 Å². The molecule has 1 rings (SSSR count). The van der Waals surface area contributed by atoms with Crippen LogP contribution < -0.4 is 10.6 Å². The Morgan fingerprint density at radius 3 is 3.00 bits per heavy atom. The maximum absolute atomic E-state index is 10.2. The highest BCUT2D eigenvalue weighted by molar-refractivity contribution is 7.98. The number of nitrogens with zero attached hydrogens (tertiary/aromatic N) is 4. The first kappa shape index (κ1) is 17.7. The van der Waals surface area contributed by atoms with E-state index in [1.165, 1.54) is 0 Å². The van der Waals surface area contributed by atoms with Gasteiger partial charge in [-0.3, -0.25) is 0 Å². The van der Waals surface area contributed by atoms with Gasteiger partial charge in [-0.25, -0.2) is 15.1 Å². The SMILES string of the molecule is CNC(=N[N+](=O)[O-])NCCSCc1csc(CN(C)C)n1. The van der Waals surface area contributed by atoms with Crippen LogP contribution in [0, 0.1) is 10.1 Å². The van der Waals surface area contributed by atoms with Gasteiger partial charge in [0, 0.05) is 37.0 Å². The summed E-state index contributed by atoms with van der Waals surface area (Å²) in [5.74, 6) is 1.83. The molecule has 0 saturated carbocycles. The van der Waals surface area contributed by atoms with E-state index in [9.17, 15) is 10.1 Å². The molecule has 2 N–H and O–H groups in total. The fourth-order valence-electron chi connectivity index (χ4n) is 1.43. The third-order valence-electron chi connectivity index (χ3n) is 2.26. The Balaban J connectivity index is 2.22. The Kier molecular flexibility index (Phi) is 8.01. The molecule has 0 aliphatic rings. The topological polar surface area (TPSA) is 95.7 Å². The lowest BCUT2D eigenvalue weighted by Crippen LogP contribution is -2.36. The van der Waals surface area contributed by atoms with Gasteiger partial charge in [-0.2, -0.15) is 11.8 Å². The minimum Gasteiger partial charge on any atom is -0.354 e.